The molecule has 0 saturated carbocycles. The van der Waals surface area contributed by atoms with Crippen LogP contribution in [0.25, 0.3) is 77.2 Å². The first-order chi connectivity index (χ1) is 34.7. The second-order valence-electron chi connectivity index (χ2n) is 18.3. The Bertz CT molecular complexity index is 3820. The van der Waals surface area contributed by atoms with Crippen molar-refractivity contribution < 1.29 is 0 Å². The monoisotopic (exact) mass is 889 g/mol. The summed E-state index contributed by atoms with van der Waals surface area (Å²) >= 11 is 0. The fourth-order valence-corrected chi connectivity index (χ4v) is 11.4. The van der Waals surface area contributed by atoms with Gasteiger partial charge in [0.1, 0.15) is 0 Å². The van der Waals surface area contributed by atoms with Crippen molar-refractivity contribution in [2.24, 2.45) is 0 Å². The molecule has 1 aliphatic carbocycles. The predicted molar refractivity (Wildman–Crippen MR) is 295 cm³/mol. The third-order valence-electron chi connectivity index (χ3n) is 14.5. The third kappa shape index (κ3) is 6.78. The largest absolute Gasteiger partial charge is 0.309 e. The number of hydrogen-bond acceptors (Lipinski definition) is 1. The number of benzene rings is 12. The second-order valence-corrected chi connectivity index (χ2v) is 18.3. The van der Waals surface area contributed by atoms with Gasteiger partial charge in [0.15, 0.2) is 0 Å². The molecule has 0 radical (unpaired) electrons. The maximum Gasteiger partial charge on any atom is 0.0714 e. The minimum absolute atomic E-state index is 0.562. The predicted octanol–water partition coefficient (Wildman–Crippen LogP) is 18.5. The van der Waals surface area contributed by atoms with E-state index in [1.165, 1.54) is 82.7 Å². The number of hydrogen-bond donors (Lipinski definition) is 0. The molecule has 12 aromatic rings. The number of fused-ring (bicyclic) bond motifs is 5. The van der Waals surface area contributed by atoms with Crippen LogP contribution in [-0.2, 0) is 5.41 Å². The van der Waals surface area contributed by atoms with E-state index < -0.39 is 5.41 Å². The Kier molecular flexibility index (Phi) is 10.1. The van der Waals surface area contributed by atoms with Crippen molar-refractivity contribution in [3.8, 4) is 55.6 Å². The van der Waals surface area contributed by atoms with E-state index in [1.807, 2.05) is 0 Å². The Morgan fingerprint density at radius 2 is 0.729 bits per heavy atom. The van der Waals surface area contributed by atoms with E-state index in [1.54, 1.807) is 0 Å². The molecule has 0 saturated heterocycles. The summed E-state index contributed by atoms with van der Waals surface area (Å²) in [6.07, 6.45) is 0. The molecule has 1 heteroatoms. The maximum absolute atomic E-state index is 2.55. The van der Waals surface area contributed by atoms with Gasteiger partial charge in [-0.15, -0.1) is 0 Å². The lowest BCUT2D eigenvalue weighted by atomic mass is 9.68. The SMILES string of the molecule is c1ccc(-c2cccc(-c3ccc(N(c4cc(-c5cccc6ccccc56)ccc4-c4cccc5ccccc45)c4cccc5c4-c4ccccc4C5(c4ccccc4)c4ccccc4)cc3)c2)cc1. The molecule has 0 spiro atoms. The Balaban J connectivity index is 1.11. The molecule has 0 aromatic heterocycles. The smallest absolute Gasteiger partial charge is 0.0714 e. The Hall–Kier alpha value is -9.04. The van der Waals surface area contributed by atoms with Crippen LogP contribution in [0.1, 0.15) is 22.3 Å². The zero-order valence-corrected chi connectivity index (χ0v) is 38.6. The summed E-state index contributed by atoms with van der Waals surface area (Å²) < 4.78 is 0. The zero-order valence-electron chi connectivity index (χ0n) is 38.6. The molecule has 0 amide bonds. The first-order valence-electron chi connectivity index (χ1n) is 24.2. The molecule has 1 aliphatic rings. The van der Waals surface area contributed by atoms with E-state index in [0.717, 1.165) is 33.8 Å². The van der Waals surface area contributed by atoms with Gasteiger partial charge in [0.25, 0.3) is 0 Å². The van der Waals surface area contributed by atoms with Gasteiger partial charge in [-0.25, -0.2) is 0 Å². The number of nitrogens with zero attached hydrogens (tertiary/aromatic N) is 1. The van der Waals surface area contributed by atoms with Gasteiger partial charge < -0.3 is 4.90 Å². The van der Waals surface area contributed by atoms with Crippen molar-refractivity contribution >= 4 is 38.6 Å². The van der Waals surface area contributed by atoms with Crippen LogP contribution in [-0.4, -0.2) is 0 Å². The normalized spacial score (nSPS) is 12.4. The summed E-state index contributed by atoms with van der Waals surface area (Å²) in [6.45, 7) is 0. The lowest BCUT2D eigenvalue weighted by Gasteiger charge is -2.35. The minimum atomic E-state index is -0.562. The molecule has 0 heterocycles. The fraction of sp³-hybridized carbons (Fsp3) is 0.0145. The van der Waals surface area contributed by atoms with E-state index >= 15 is 0 Å². The van der Waals surface area contributed by atoms with Crippen LogP contribution in [0.3, 0.4) is 0 Å². The quantitative estimate of drug-likeness (QED) is 0.140. The van der Waals surface area contributed by atoms with Gasteiger partial charge in [-0.2, -0.15) is 0 Å². The van der Waals surface area contributed by atoms with Gasteiger partial charge in [0.05, 0.1) is 16.8 Å². The third-order valence-corrected chi connectivity index (χ3v) is 14.5. The van der Waals surface area contributed by atoms with Crippen molar-refractivity contribution in [2.45, 2.75) is 5.41 Å². The molecular formula is C69H47N. The standard InChI is InChI=1S/C69H47N/c1-4-20-48(21-5-1)52-26-16-27-53(46-52)49-40-43-57(44-41-49)70(66-39-19-38-65-68(66)63-34-14-15-37-64(63)69(65,55-28-6-2-7-29-55)56-30-8-3-9-31-56)67-47-54(60-35-17-24-50-22-10-12-32-58(50)60)42-45-62(67)61-36-18-25-51-23-11-13-33-59(51)61/h1-47H. The highest BCUT2D eigenvalue weighted by Crippen LogP contribution is 2.60. The van der Waals surface area contributed by atoms with E-state index in [9.17, 15) is 0 Å². The van der Waals surface area contributed by atoms with Gasteiger partial charge in [-0.1, -0.05) is 255 Å². The summed E-state index contributed by atoms with van der Waals surface area (Å²) in [4.78, 5) is 2.55. The summed E-state index contributed by atoms with van der Waals surface area (Å²) in [7, 11) is 0. The summed E-state index contributed by atoms with van der Waals surface area (Å²) in [5, 5.41) is 4.88. The molecule has 0 N–H and O–H groups in total. The van der Waals surface area contributed by atoms with Crippen molar-refractivity contribution in [2.75, 3.05) is 4.90 Å². The highest BCUT2D eigenvalue weighted by Gasteiger charge is 2.47. The Morgan fingerprint density at radius 3 is 1.41 bits per heavy atom. The van der Waals surface area contributed by atoms with Crippen LogP contribution < -0.4 is 4.90 Å². The van der Waals surface area contributed by atoms with Gasteiger partial charge in [0, 0.05) is 16.8 Å². The second kappa shape index (κ2) is 17.2. The van der Waals surface area contributed by atoms with E-state index in [-0.39, 0.29) is 0 Å². The first-order valence-corrected chi connectivity index (χ1v) is 24.2. The van der Waals surface area contributed by atoms with Gasteiger partial charge in [0.2, 0.25) is 0 Å². The molecule has 13 rings (SSSR count). The van der Waals surface area contributed by atoms with Crippen LogP contribution in [0.4, 0.5) is 17.1 Å². The van der Waals surface area contributed by atoms with Crippen LogP contribution in [0.5, 0.6) is 0 Å². The van der Waals surface area contributed by atoms with Gasteiger partial charge in [-0.3, -0.25) is 0 Å². The highest BCUT2D eigenvalue weighted by atomic mass is 15.1. The van der Waals surface area contributed by atoms with Crippen molar-refractivity contribution in [3.05, 3.63) is 307 Å². The average Bonchev–Trinajstić information content (AvgIpc) is 3.75. The molecule has 0 unspecified atom stereocenters. The molecule has 12 aromatic carbocycles. The van der Waals surface area contributed by atoms with Crippen LogP contribution in [0.15, 0.2) is 285 Å². The van der Waals surface area contributed by atoms with Gasteiger partial charge in [-0.05, 0) is 119 Å². The molecule has 0 atom stereocenters. The summed E-state index contributed by atoms with van der Waals surface area (Å²) in [6, 6.07) is 105. The first kappa shape index (κ1) is 41.2. The van der Waals surface area contributed by atoms with Crippen LogP contribution in [0, 0.1) is 0 Å². The average molecular weight is 890 g/mol. The fourth-order valence-electron chi connectivity index (χ4n) is 11.4. The summed E-state index contributed by atoms with van der Waals surface area (Å²) in [5.74, 6) is 0. The lowest BCUT2D eigenvalue weighted by molar-refractivity contribution is 0.768. The molecule has 1 nitrogen and oxygen atoms in total. The van der Waals surface area contributed by atoms with Crippen LogP contribution >= 0.6 is 0 Å². The van der Waals surface area contributed by atoms with E-state index in [2.05, 4.69) is 290 Å². The zero-order chi connectivity index (χ0) is 46.4. The van der Waals surface area contributed by atoms with Crippen LogP contribution in [0.2, 0.25) is 0 Å². The van der Waals surface area contributed by atoms with E-state index in [0.29, 0.717) is 0 Å². The lowest BCUT2D eigenvalue weighted by Crippen LogP contribution is -2.28. The molecule has 0 aliphatic heterocycles. The number of rotatable bonds is 9. The summed E-state index contributed by atoms with van der Waals surface area (Å²) in [5.41, 5.74) is 19.7. The molecule has 0 bridgehead atoms. The maximum atomic E-state index is 2.55. The molecule has 0 fully saturated rings. The molecule has 328 valence electrons. The molecular weight excluding hydrogens is 843 g/mol. The van der Waals surface area contributed by atoms with E-state index in [4.69, 9.17) is 0 Å². The van der Waals surface area contributed by atoms with Crippen molar-refractivity contribution in [3.63, 3.8) is 0 Å². The molecule has 70 heavy (non-hydrogen) atoms. The Morgan fingerprint density at radius 1 is 0.257 bits per heavy atom. The Labute approximate surface area is 409 Å². The number of anilines is 3. The van der Waals surface area contributed by atoms with Crippen molar-refractivity contribution in [1.29, 1.82) is 0 Å². The minimum Gasteiger partial charge on any atom is -0.309 e. The highest BCUT2D eigenvalue weighted by molar-refractivity contribution is 6.06. The van der Waals surface area contributed by atoms with Gasteiger partial charge >= 0.3 is 0 Å². The topological polar surface area (TPSA) is 3.24 Å². The van der Waals surface area contributed by atoms with Crippen molar-refractivity contribution in [1.82, 2.24) is 0 Å².